The highest BCUT2D eigenvalue weighted by atomic mass is 32.2. The van der Waals surface area contributed by atoms with Crippen LogP contribution in [0.15, 0.2) is 58.8 Å². The number of hydrogen-bond acceptors (Lipinski definition) is 12. The standard InChI is InChI=1S/2C23H30F3N5OS/c2*1-29-20(31-10-12-32-13-11-31)27-28-21(29)33-14-2-8-30-9-7-22(16-30)15-19(22)17-3-5-18(6-4-17)23(24,25)26/h2*3-6,19H,2,7-16H2,1H3/t2*19-,22+/m11/s1. The zero-order valence-corrected chi connectivity index (χ0v) is 39.3. The molecule has 2 saturated carbocycles. The van der Waals surface area contributed by atoms with Gasteiger partial charge in [-0.2, -0.15) is 26.3 Å². The first-order chi connectivity index (χ1) is 31.7. The molecule has 6 aliphatic rings. The molecule has 2 spiro atoms. The molecule has 6 fully saturated rings. The van der Waals surface area contributed by atoms with Crippen LogP contribution in [0.3, 0.4) is 0 Å². The molecular weight excluding hydrogens is 903 g/mol. The van der Waals surface area contributed by atoms with Crippen molar-refractivity contribution in [1.82, 2.24) is 39.3 Å². The van der Waals surface area contributed by atoms with Crippen molar-refractivity contribution in [2.24, 2.45) is 24.9 Å². The summed E-state index contributed by atoms with van der Waals surface area (Å²) in [5, 5.41) is 19.4. The summed E-state index contributed by atoms with van der Waals surface area (Å²) in [5.41, 5.74) is 1.52. The van der Waals surface area contributed by atoms with E-state index in [4.69, 9.17) is 9.47 Å². The molecule has 12 nitrogen and oxygen atoms in total. The maximum Gasteiger partial charge on any atom is 0.416 e. The fourth-order valence-electron chi connectivity index (χ4n) is 10.5. The zero-order chi connectivity index (χ0) is 46.1. The molecule has 4 saturated heterocycles. The molecule has 360 valence electrons. The van der Waals surface area contributed by atoms with Crippen molar-refractivity contribution < 1.29 is 35.8 Å². The molecule has 10 rings (SSSR count). The maximum atomic E-state index is 12.8. The predicted octanol–water partition coefficient (Wildman–Crippen LogP) is 8.06. The van der Waals surface area contributed by atoms with Gasteiger partial charge in [-0.15, -0.1) is 20.4 Å². The summed E-state index contributed by atoms with van der Waals surface area (Å²) < 4.78 is 91.9. The van der Waals surface area contributed by atoms with E-state index in [-0.39, 0.29) is 10.8 Å². The molecule has 0 N–H and O–H groups in total. The Hall–Kier alpha value is -3.56. The second-order valence-electron chi connectivity index (χ2n) is 18.8. The van der Waals surface area contributed by atoms with Gasteiger partial charge in [0.15, 0.2) is 10.3 Å². The fraction of sp³-hybridized carbons (Fsp3) is 0.652. The number of hydrogen-bond donors (Lipinski definition) is 0. The largest absolute Gasteiger partial charge is 0.416 e. The molecule has 66 heavy (non-hydrogen) atoms. The molecule has 2 aromatic heterocycles. The molecular formula is C46H60F6N10O2S2. The Kier molecular flexibility index (Phi) is 14.3. The molecule has 6 heterocycles. The Balaban J connectivity index is 0.000000166. The molecule has 0 radical (unpaired) electrons. The van der Waals surface area contributed by atoms with Crippen molar-refractivity contribution in [2.45, 2.75) is 73.0 Å². The molecule has 0 unspecified atom stereocenters. The van der Waals surface area contributed by atoms with Crippen LogP contribution in [0, 0.1) is 10.8 Å². The third-order valence-corrected chi connectivity index (χ3v) is 16.7. The average molecular weight is 963 g/mol. The third-order valence-electron chi connectivity index (χ3n) is 14.5. The highest BCUT2D eigenvalue weighted by Crippen LogP contribution is 2.65. The molecule has 2 aliphatic carbocycles. The lowest BCUT2D eigenvalue weighted by Crippen LogP contribution is -2.37. The van der Waals surface area contributed by atoms with Crippen molar-refractivity contribution >= 4 is 35.4 Å². The highest BCUT2D eigenvalue weighted by Gasteiger charge is 2.58. The van der Waals surface area contributed by atoms with Gasteiger partial charge in [0.25, 0.3) is 0 Å². The quantitative estimate of drug-likeness (QED) is 0.0696. The fourth-order valence-corrected chi connectivity index (χ4v) is 12.2. The van der Waals surface area contributed by atoms with Crippen molar-refractivity contribution in [3.8, 4) is 0 Å². The number of rotatable bonds is 14. The monoisotopic (exact) mass is 962 g/mol. The summed E-state index contributed by atoms with van der Waals surface area (Å²) in [7, 11) is 4.04. The molecule has 4 atom stereocenters. The van der Waals surface area contributed by atoms with E-state index in [1.165, 1.54) is 24.3 Å². The van der Waals surface area contributed by atoms with Gasteiger partial charge >= 0.3 is 12.4 Å². The summed E-state index contributed by atoms with van der Waals surface area (Å²) in [6, 6.07) is 11.6. The van der Waals surface area contributed by atoms with Gasteiger partial charge in [0.2, 0.25) is 11.9 Å². The van der Waals surface area contributed by atoms with Gasteiger partial charge in [0.1, 0.15) is 0 Å². The maximum absolute atomic E-state index is 12.8. The van der Waals surface area contributed by atoms with Gasteiger partial charge in [-0.3, -0.25) is 9.13 Å². The van der Waals surface area contributed by atoms with E-state index in [1.54, 1.807) is 47.8 Å². The number of likely N-dealkylation sites (tertiary alicyclic amines) is 2. The normalized spacial score (nSPS) is 25.8. The molecule has 4 aliphatic heterocycles. The number of thioether (sulfide) groups is 2. The Morgan fingerprint density at radius 3 is 1.30 bits per heavy atom. The lowest BCUT2D eigenvalue weighted by atomic mass is 9.97. The zero-order valence-electron chi connectivity index (χ0n) is 37.7. The lowest BCUT2D eigenvalue weighted by Gasteiger charge is -2.27. The number of nitrogens with zero attached hydrogens (tertiary/aromatic N) is 10. The van der Waals surface area contributed by atoms with E-state index >= 15 is 0 Å². The summed E-state index contributed by atoms with van der Waals surface area (Å²) in [6.45, 7) is 12.6. The molecule has 0 amide bonds. The Bertz CT molecular complexity index is 2080. The first-order valence-corrected chi connectivity index (χ1v) is 25.2. The molecule has 20 heteroatoms. The van der Waals surface area contributed by atoms with Crippen molar-refractivity contribution in [3.63, 3.8) is 0 Å². The minimum absolute atomic E-state index is 0.267. The minimum Gasteiger partial charge on any atom is -0.378 e. The number of morpholine rings is 2. The number of anilines is 2. The Morgan fingerprint density at radius 1 is 0.561 bits per heavy atom. The van der Waals surface area contributed by atoms with E-state index in [0.29, 0.717) is 11.8 Å². The Labute approximate surface area is 391 Å². The second-order valence-corrected chi connectivity index (χ2v) is 20.9. The first-order valence-electron chi connectivity index (χ1n) is 23.2. The average Bonchev–Trinajstić information content (AvgIpc) is 3.85. The van der Waals surface area contributed by atoms with Crippen LogP contribution in [0.1, 0.15) is 72.6 Å². The summed E-state index contributed by atoms with van der Waals surface area (Å²) in [4.78, 5) is 9.46. The van der Waals surface area contributed by atoms with E-state index in [9.17, 15) is 26.3 Å². The van der Waals surface area contributed by atoms with Crippen LogP contribution in [0.4, 0.5) is 38.2 Å². The summed E-state index contributed by atoms with van der Waals surface area (Å²) >= 11 is 3.49. The van der Waals surface area contributed by atoms with Crippen molar-refractivity contribution in [1.29, 1.82) is 0 Å². The smallest absolute Gasteiger partial charge is 0.378 e. The van der Waals surface area contributed by atoms with Crippen LogP contribution in [0.5, 0.6) is 0 Å². The summed E-state index contributed by atoms with van der Waals surface area (Å²) in [5.74, 6) is 4.59. The van der Waals surface area contributed by atoms with Gasteiger partial charge in [-0.25, -0.2) is 0 Å². The van der Waals surface area contributed by atoms with Crippen LogP contribution < -0.4 is 9.80 Å². The minimum atomic E-state index is -4.27. The topological polar surface area (TPSA) is 92.8 Å². The summed E-state index contributed by atoms with van der Waals surface area (Å²) in [6.07, 6.45) is -1.93. The number of aromatic nitrogens is 6. The SMILES string of the molecule is Cn1c(SCCCN2CC[C@]3(C[C@@H]3c3ccc(C(F)(F)F)cc3)C2)nnc1N1CCOCC1.Cn1c(SCCCN2CC[C@]3(C[C@@H]3c3ccc(C(F)(F)F)cc3)C2)nnc1N1CCOCC1. The van der Waals surface area contributed by atoms with Crippen LogP contribution in [0.2, 0.25) is 0 Å². The van der Waals surface area contributed by atoms with Crippen LogP contribution in [-0.2, 0) is 35.9 Å². The first kappa shape index (κ1) is 47.5. The van der Waals surface area contributed by atoms with Gasteiger partial charge < -0.3 is 29.1 Å². The van der Waals surface area contributed by atoms with Gasteiger partial charge in [0.05, 0.1) is 37.6 Å². The number of alkyl halides is 6. The number of ether oxygens (including phenoxy) is 2. The van der Waals surface area contributed by atoms with Crippen LogP contribution in [0.25, 0.3) is 0 Å². The van der Waals surface area contributed by atoms with Gasteiger partial charge in [-0.05, 0) is 123 Å². The molecule has 4 aromatic rings. The van der Waals surface area contributed by atoms with Crippen LogP contribution >= 0.6 is 23.5 Å². The van der Waals surface area contributed by atoms with E-state index in [0.717, 1.165) is 175 Å². The lowest BCUT2D eigenvalue weighted by molar-refractivity contribution is -0.138. The van der Waals surface area contributed by atoms with Gasteiger partial charge in [-0.1, -0.05) is 47.8 Å². The number of benzene rings is 2. The third kappa shape index (κ3) is 10.8. The van der Waals surface area contributed by atoms with Gasteiger partial charge in [0, 0.05) is 64.9 Å². The van der Waals surface area contributed by atoms with Crippen molar-refractivity contribution in [3.05, 3.63) is 70.8 Å². The molecule has 0 bridgehead atoms. The number of halogens is 6. The van der Waals surface area contributed by atoms with Crippen molar-refractivity contribution in [2.75, 3.05) is 113 Å². The van der Waals surface area contributed by atoms with Crippen LogP contribution in [-0.4, -0.2) is 143 Å². The highest BCUT2D eigenvalue weighted by molar-refractivity contribution is 7.99. The van der Waals surface area contributed by atoms with E-state index < -0.39 is 23.5 Å². The van der Waals surface area contributed by atoms with E-state index in [1.807, 2.05) is 14.1 Å². The predicted molar refractivity (Wildman–Crippen MR) is 243 cm³/mol. The van der Waals surface area contributed by atoms with E-state index in [2.05, 4.69) is 49.1 Å². The molecule has 2 aromatic carbocycles. The Morgan fingerprint density at radius 2 is 0.939 bits per heavy atom. The second kappa shape index (κ2) is 19.8.